The minimum Gasteiger partial charge on any atom is -0.493 e. The predicted octanol–water partition coefficient (Wildman–Crippen LogP) is -0.466. The first-order valence-electron chi connectivity index (χ1n) is 6.69. The summed E-state index contributed by atoms with van der Waals surface area (Å²) in [7, 11) is -0.951. The van der Waals surface area contributed by atoms with Crippen molar-refractivity contribution in [3.05, 3.63) is 18.2 Å². The maximum Gasteiger partial charge on any atom is 0.324 e. The number of hydrogen-bond acceptors (Lipinski definition) is 6. The molecule has 0 bridgehead atoms. The van der Waals surface area contributed by atoms with Gasteiger partial charge in [0.1, 0.15) is 0 Å². The lowest BCUT2D eigenvalue weighted by Crippen LogP contribution is -2.38. The van der Waals surface area contributed by atoms with Gasteiger partial charge < -0.3 is 14.8 Å². The molecule has 0 unspecified atom stereocenters. The molecule has 1 aromatic carbocycles. The number of urea groups is 1. The number of amides is 3. The van der Waals surface area contributed by atoms with Crippen LogP contribution in [0.2, 0.25) is 0 Å². The standard InChI is InChI=1S/C13H17N3O6S/c1-21-10-4-3-9(7-11(10)22-2)23(19,20)15-5-6-16-12(17)8-14-13(16)18/h3-4,7,15H,5-6,8H2,1-2H3,(H,14,18). The molecule has 1 aliphatic rings. The van der Waals surface area contributed by atoms with Gasteiger partial charge in [-0.3, -0.25) is 9.69 Å². The van der Waals surface area contributed by atoms with E-state index in [1.54, 1.807) is 0 Å². The van der Waals surface area contributed by atoms with Crippen LogP contribution in [0.1, 0.15) is 0 Å². The van der Waals surface area contributed by atoms with E-state index in [1.165, 1.54) is 32.4 Å². The SMILES string of the molecule is COc1ccc(S(=O)(=O)NCCN2C(=O)CNC2=O)cc1OC. The van der Waals surface area contributed by atoms with Gasteiger partial charge in [0.05, 0.1) is 25.7 Å². The monoisotopic (exact) mass is 343 g/mol. The van der Waals surface area contributed by atoms with Crippen LogP contribution in [0.25, 0.3) is 0 Å². The van der Waals surface area contributed by atoms with E-state index in [2.05, 4.69) is 10.0 Å². The highest BCUT2D eigenvalue weighted by Gasteiger charge is 2.28. The zero-order valence-electron chi connectivity index (χ0n) is 12.7. The summed E-state index contributed by atoms with van der Waals surface area (Å²) >= 11 is 0. The van der Waals surface area contributed by atoms with Crippen molar-refractivity contribution < 1.29 is 27.5 Å². The van der Waals surface area contributed by atoms with E-state index in [-0.39, 0.29) is 36.2 Å². The third-order valence-corrected chi connectivity index (χ3v) is 4.69. The third kappa shape index (κ3) is 3.71. The van der Waals surface area contributed by atoms with E-state index in [9.17, 15) is 18.0 Å². The summed E-state index contributed by atoms with van der Waals surface area (Å²) < 4.78 is 36.9. The number of hydrogen-bond donors (Lipinski definition) is 2. The number of nitrogens with zero attached hydrogens (tertiary/aromatic N) is 1. The number of benzene rings is 1. The van der Waals surface area contributed by atoms with E-state index < -0.39 is 16.1 Å². The maximum absolute atomic E-state index is 12.2. The summed E-state index contributed by atoms with van der Waals surface area (Å²) in [5.41, 5.74) is 0. The summed E-state index contributed by atoms with van der Waals surface area (Å²) in [4.78, 5) is 23.7. The van der Waals surface area contributed by atoms with Crippen LogP contribution in [-0.2, 0) is 14.8 Å². The van der Waals surface area contributed by atoms with Gasteiger partial charge in [-0.2, -0.15) is 0 Å². The fraction of sp³-hybridized carbons (Fsp3) is 0.385. The minimum atomic E-state index is -3.80. The van der Waals surface area contributed by atoms with Gasteiger partial charge in [0.15, 0.2) is 11.5 Å². The molecule has 0 radical (unpaired) electrons. The van der Waals surface area contributed by atoms with Gasteiger partial charge in [-0.15, -0.1) is 0 Å². The van der Waals surface area contributed by atoms with Crippen molar-refractivity contribution in [2.24, 2.45) is 0 Å². The van der Waals surface area contributed by atoms with Crippen molar-refractivity contribution in [2.45, 2.75) is 4.90 Å². The second-order valence-electron chi connectivity index (χ2n) is 4.62. The van der Waals surface area contributed by atoms with E-state index >= 15 is 0 Å². The highest BCUT2D eigenvalue weighted by atomic mass is 32.2. The van der Waals surface area contributed by atoms with Crippen LogP contribution in [0.3, 0.4) is 0 Å². The largest absolute Gasteiger partial charge is 0.493 e. The van der Waals surface area contributed by atoms with Gasteiger partial charge in [-0.05, 0) is 12.1 Å². The summed E-state index contributed by atoms with van der Waals surface area (Å²) in [6.45, 7) is -0.200. The van der Waals surface area contributed by atoms with Crippen LogP contribution in [0.15, 0.2) is 23.1 Å². The molecule has 0 spiro atoms. The molecule has 10 heteroatoms. The van der Waals surface area contributed by atoms with Gasteiger partial charge in [0, 0.05) is 19.2 Å². The Bertz CT molecular complexity index is 702. The minimum absolute atomic E-state index is 0.00708. The Labute approximate surface area is 133 Å². The highest BCUT2D eigenvalue weighted by molar-refractivity contribution is 7.89. The van der Waals surface area contributed by atoms with Crippen molar-refractivity contribution in [2.75, 3.05) is 33.9 Å². The number of carbonyl (C=O) groups is 2. The van der Waals surface area contributed by atoms with Crippen LogP contribution >= 0.6 is 0 Å². The third-order valence-electron chi connectivity index (χ3n) is 3.23. The van der Waals surface area contributed by atoms with Crippen molar-refractivity contribution in [3.63, 3.8) is 0 Å². The van der Waals surface area contributed by atoms with Crippen molar-refractivity contribution in [1.82, 2.24) is 14.9 Å². The number of imide groups is 1. The molecule has 0 aromatic heterocycles. The molecule has 1 aliphatic heterocycles. The molecule has 0 atom stereocenters. The van der Waals surface area contributed by atoms with Crippen molar-refractivity contribution >= 4 is 22.0 Å². The van der Waals surface area contributed by atoms with E-state index in [0.717, 1.165) is 4.90 Å². The first-order chi connectivity index (χ1) is 10.9. The molecule has 1 saturated heterocycles. The second-order valence-corrected chi connectivity index (χ2v) is 6.39. The predicted molar refractivity (Wildman–Crippen MR) is 79.8 cm³/mol. The van der Waals surface area contributed by atoms with Crippen LogP contribution in [0.5, 0.6) is 11.5 Å². The Morgan fingerprint density at radius 2 is 1.91 bits per heavy atom. The Morgan fingerprint density at radius 3 is 2.48 bits per heavy atom. The lowest BCUT2D eigenvalue weighted by molar-refractivity contribution is -0.124. The zero-order chi connectivity index (χ0) is 17.0. The fourth-order valence-corrected chi connectivity index (χ4v) is 3.08. The first kappa shape index (κ1) is 17.0. The van der Waals surface area contributed by atoms with Crippen molar-refractivity contribution in [3.8, 4) is 11.5 Å². The normalized spacial score (nSPS) is 14.8. The molecule has 2 N–H and O–H groups in total. The highest BCUT2D eigenvalue weighted by Crippen LogP contribution is 2.29. The summed E-state index contributed by atoms with van der Waals surface area (Å²) in [5, 5.41) is 2.36. The average Bonchev–Trinajstić information content (AvgIpc) is 2.85. The summed E-state index contributed by atoms with van der Waals surface area (Å²) in [6, 6.07) is 3.65. The van der Waals surface area contributed by atoms with Gasteiger partial charge in [0.2, 0.25) is 15.9 Å². The molecule has 126 valence electrons. The Morgan fingerprint density at radius 1 is 1.22 bits per heavy atom. The zero-order valence-corrected chi connectivity index (χ0v) is 13.5. The number of ether oxygens (including phenoxy) is 2. The molecule has 23 heavy (non-hydrogen) atoms. The summed E-state index contributed by atoms with van der Waals surface area (Å²) in [6.07, 6.45) is 0. The molecule has 1 fully saturated rings. The quantitative estimate of drug-likeness (QED) is 0.647. The Kier molecular flexibility index (Phi) is 5.06. The van der Waals surface area contributed by atoms with E-state index in [1.807, 2.05) is 0 Å². The molecule has 1 heterocycles. The lowest BCUT2D eigenvalue weighted by Gasteiger charge is -2.14. The summed E-state index contributed by atoms with van der Waals surface area (Å²) in [5.74, 6) is 0.301. The fourth-order valence-electron chi connectivity index (χ4n) is 2.04. The smallest absolute Gasteiger partial charge is 0.324 e. The molecule has 1 aromatic rings. The molecular formula is C13H17N3O6S. The lowest BCUT2D eigenvalue weighted by atomic mass is 10.3. The molecule has 0 saturated carbocycles. The Hall–Kier alpha value is -2.33. The molecular weight excluding hydrogens is 326 g/mol. The maximum atomic E-state index is 12.2. The first-order valence-corrected chi connectivity index (χ1v) is 8.17. The Balaban J connectivity index is 2.04. The number of carbonyl (C=O) groups excluding carboxylic acids is 2. The number of nitrogens with one attached hydrogen (secondary N) is 2. The second kappa shape index (κ2) is 6.84. The molecule has 3 amide bonds. The molecule has 0 aliphatic carbocycles. The van der Waals surface area contributed by atoms with E-state index in [4.69, 9.17) is 9.47 Å². The van der Waals surface area contributed by atoms with Crippen LogP contribution in [-0.4, -0.2) is 59.1 Å². The van der Waals surface area contributed by atoms with Gasteiger partial charge in [0.25, 0.3) is 0 Å². The number of methoxy groups -OCH3 is 2. The van der Waals surface area contributed by atoms with Crippen LogP contribution in [0, 0.1) is 0 Å². The van der Waals surface area contributed by atoms with E-state index in [0.29, 0.717) is 5.75 Å². The van der Waals surface area contributed by atoms with Gasteiger partial charge in [-0.25, -0.2) is 17.9 Å². The van der Waals surface area contributed by atoms with Gasteiger partial charge in [-0.1, -0.05) is 0 Å². The van der Waals surface area contributed by atoms with Crippen LogP contribution < -0.4 is 19.5 Å². The average molecular weight is 343 g/mol. The van der Waals surface area contributed by atoms with Crippen LogP contribution in [0.4, 0.5) is 4.79 Å². The van der Waals surface area contributed by atoms with Crippen molar-refractivity contribution in [1.29, 1.82) is 0 Å². The molecule has 9 nitrogen and oxygen atoms in total. The van der Waals surface area contributed by atoms with Gasteiger partial charge >= 0.3 is 6.03 Å². The number of rotatable bonds is 7. The topological polar surface area (TPSA) is 114 Å². The number of sulfonamides is 1. The molecule has 2 rings (SSSR count).